The van der Waals surface area contributed by atoms with Crippen molar-refractivity contribution in [3.63, 3.8) is 0 Å². The SMILES string of the molecule is Cc1ccc(C2=C(C(=O)Nc3ccc(OCCc4csc(N)n4)nc3)CCCC2)cc1. The molecule has 6 nitrogen and oxygen atoms in total. The molecular weight excluding hydrogens is 408 g/mol. The highest BCUT2D eigenvalue weighted by Gasteiger charge is 2.20. The number of ether oxygens (including phenoxy) is 1. The third-order valence-corrected chi connectivity index (χ3v) is 6.04. The van der Waals surface area contributed by atoms with Gasteiger partial charge in [-0.1, -0.05) is 29.8 Å². The number of nitrogen functional groups attached to an aromatic ring is 1. The first-order valence-corrected chi connectivity index (χ1v) is 11.4. The molecule has 0 fully saturated rings. The number of rotatable bonds is 7. The molecule has 7 heteroatoms. The van der Waals surface area contributed by atoms with Crippen molar-refractivity contribution in [3.8, 4) is 5.88 Å². The zero-order valence-electron chi connectivity index (χ0n) is 17.6. The average Bonchev–Trinajstić information content (AvgIpc) is 3.20. The molecule has 160 valence electrons. The maximum atomic E-state index is 13.0. The Morgan fingerprint density at radius 3 is 2.68 bits per heavy atom. The Hall–Kier alpha value is -3.19. The number of thiazole rings is 1. The Morgan fingerprint density at radius 2 is 1.97 bits per heavy atom. The quantitative estimate of drug-likeness (QED) is 0.545. The van der Waals surface area contributed by atoms with E-state index in [1.54, 1.807) is 12.3 Å². The van der Waals surface area contributed by atoms with Crippen LogP contribution in [0.2, 0.25) is 0 Å². The highest BCUT2D eigenvalue weighted by atomic mass is 32.1. The summed E-state index contributed by atoms with van der Waals surface area (Å²) in [5, 5.41) is 5.49. The molecule has 0 saturated heterocycles. The zero-order valence-corrected chi connectivity index (χ0v) is 18.4. The minimum absolute atomic E-state index is 0.0492. The second kappa shape index (κ2) is 9.75. The topological polar surface area (TPSA) is 90.1 Å². The number of anilines is 2. The fraction of sp³-hybridized carbons (Fsp3) is 0.292. The van der Waals surface area contributed by atoms with Crippen LogP contribution in [0.15, 0.2) is 53.5 Å². The van der Waals surface area contributed by atoms with Gasteiger partial charge < -0.3 is 15.8 Å². The van der Waals surface area contributed by atoms with Gasteiger partial charge in [0, 0.05) is 23.4 Å². The van der Waals surface area contributed by atoms with Crippen LogP contribution in [0.1, 0.15) is 42.5 Å². The molecule has 0 spiro atoms. The second-order valence-corrected chi connectivity index (χ2v) is 8.53. The van der Waals surface area contributed by atoms with Gasteiger partial charge in [-0.15, -0.1) is 11.3 Å². The van der Waals surface area contributed by atoms with Crippen molar-refractivity contribution in [2.45, 2.75) is 39.0 Å². The van der Waals surface area contributed by atoms with Gasteiger partial charge in [-0.05, 0) is 49.8 Å². The second-order valence-electron chi connectivity index (χ2n) is 7.65. The van der Waals surface area contributed by atoms with Gasteiger partial charge in [0.15, 0.2) is 5.13 Å². The minimum Gasteiger partial charge on any atom is -0.477 e. The largest absolute Gasteiger partial charge is 0.477 e. The number of pyridine rings is 1. The number of hydrogen-bond donors (Lipinski definition) is 2. The smallest absolute Gasteiger partial charge is 0.251 e. The normalized spacial score (nSPS) is 13.8. The third kappa shape index (κ3) is 5.49. The Kier molecular flexibility index (Phi) is 6.62. The predicted octanol–water partition coefficient (Wildman–Crippen LogP) is 5.02. The van der Waals surface area contributed by atoms with Gasteiger partial charge in [-0.2, -0.15) is 0 Å². The summed E-state index contributed by atoms with van der Waals surface area (Å²) in [6, 6.07) is 12.0. The number of allylic oxidation sites excluding steroid dienone is 1. The number of nitrogens with one attached hydrogen (secondary N) is 1. The molecule has 2 aromatic heterocycles. The molecule has 3 N–H and O–H groups in total. The lowest BCUT2D eigenvalue weighted by molar-refractivity contribution is -0.113. The van der Waals surface area contributed by atoms with Crippen LogP contribution in [-0.4, -0.2) is 22.5 Å². The number of amides is 1. The lowest BCUT2D eigenvalue weighted by Gasteiger charge is -2.20. The standard InChI is InChI=1S/C24H26N4O2S/c1-16-6-8-17(9-7-16)20-4-2-3-5-21(20)23(29)27-18-10-11-22(26-14-18)30-13-12-19-15-31-24(25)28-19/h6-11,14-15H,2-5,12-13H2,1H3,(H2,25,28)(H,27,29). The van der Waals surface area contributed by atoms with E-state index in [0.29, 0.717) is 29.7 Å². The van der Waals surface area contributed by atoms with Crippen LogP contribution < -0.4 is 15.8 Å². The number of carbonyl (C=O) groups excluding carboxylic acids is 1. The molecule has 1 aliphatic rings. The van der Waals surface area contributed by atoms with E-state index < -0.39 is 0 Å². The number of carbonyl (C=O) groups is 1. The molecule has 0 unspecified atom stereocenters. The van der Waals surface area contributed by atoms with Crippen LogP contribution in [-0.2, 0) is 11.2 Å². The molecule has 0 aliphatic heterocycles. The van der Waals surface area contributed by atoms with Gasteiger partial charge in [-0.3, -0.25) is 4.79 Å². The number of aryl methyl sites for hydroxylation is 1. The Bertz CT molecular complexity index is 1070. The average molecular weight is 435 g/mol. The van der Waals surface area contributed by atoms with Crippen molar-refractivity contribution in [1.29, 1.82) is 0 Å². The first kappa shape index (κ1) is 21.1. The van der Waals surface area contributed by atoms with Gasteiger partial charge in [0.25, 0.3) is 5.91 Å². The highest BCUT2D eigenvalue weighted by molar-refractivity contribution is 7.13. The lowest BCUT2D eigenvalue weighted by atomic mass is 9.86. The molecular formula is C24H26N4O2S. The summed E-state index contributed by atoms with van der Waals surface area (Å²) in [5.41, 5.74) is 11.6. The van der Waals surface area contributed by atoms with Gasteiger partial charge in [0.1, 0.15) is 0 Å². The monoisotopic (exact) mass is 434 g/mol. The first-order chi connectivity index (χ1) is 15.1. The van der Waals surface area contributed by atoms with E-state index in [1.807, 2.05) is 11.4 Å². The summed E-state index contributed by atoms with van der Waals surface area (Å²) < 4.78 is 5.67. The van der Waals surface area contributed by atoms with Crippen molar-refractivity contribution in [1.82, 2.24) is 9.97 Å². The maximum absolute atomic E-state index is 13.0. The maximum Gasteiger partial charge on any atom is 0.251 e. The Morgan fingerprint density at radius 1 is 1.16 bits per heavy atom. The third-order valence-electron chi connectivity index (χ3n) is 5.31. The van der Waals surface area contributed by atoms with E-state index in [2.05, 4.69) is 46.5 Å². The van der Waals surface area contributed by atoms with E-state index in [0.717, 1.165) is 48.1 Å². The van der Waals surface area contributed by atoms with E-state index in [1.165, 1.54) is 16.9 Å². The van der Waals surface area contributed by atoms with Crippen LogP contribution in [0.25, 0.3) is 5.57 Å². The van der Waals surface area contributed by atoms with Crippen LogP contribution in [0.3, 0.4) is 0 Å². The molecule has 31 heavy (non-hydrogen) atoms. The number of aromatic nitrogens is 2. The summed E-state index contributed by atoms with van der Waals surface area (Å²) in [4.78, 5) is 21.5. The van der Waals surface area contributed by atoms with Gasteiger partial charge in [0.05, 0.1) is 24.2 Å². The molecule has 0 radical (unpaired) electrons. The summed E-state index contributed by atoms with van der Waals surface area (Å²) in [5.74, 6) is 0.463. The minimum atomic E-state index is -0.0492. The number of hydrogen-bond acceptors (Lipinski definition) is 6. The first-order valence-electron chi connectivity index (χ1n) is 10.5. The van der Waals surface area contributed by atoms with Crippen LogP contribution in [0.5, 0.6) is 5.88 Å². The van der Waals surface area contributed by atoms with Crippen molar-refractivity contribution in [2.75, 3.05) is 17.7 Å². The molecule has 0 saturated carbocycles. The lowest BCUT2D eigenvalue weighted by Crippen LogP contribution is -2.18. The Labute approximate surface area is 186 Å². The number of benzene rings is 1. The fourth-order valence-electron chi connectivity index (χ4n) is 3.67. The zero-order chi connectivity index (χ0) is 21.6. The van der Waals surface area contributed by atoms with Crippen LogP contribution >= 0.6 is 11.3 Å². The van der Waals surface area contributed by atoms with Crippen molar-refractivity contribution >= 4 is 33.6 Å². The number of nitrogens with zero attached hydrogens (tertiary/aromatic N) is 2. The molecule has 0 bridgehead atoms. The molecule has 1 aliphatic carbocycles. The number of nitrogens with two attached hydrogens (primary N) is 1. The van der Waals surface area contributed by atoms with Crippen molar-refractivity contribution in [3.05, 3.63) is 70.4 Å². The summed E-state index contributed by atoms with van der Waals surface area (Å²) in [6.07, 6.45) is 6.17. The van der Waals surface area contributed by atoms with E-state index >= 15 is 0 Å². The van der Waals surface area contributed by atoms with Gasteiger partial charge in [0.2, 0.25) is 5.88 Å². The van der Waals surface area contributed by atoms with E-state index in [-0.39, 0.29) is 5.91 Å². The molecule has 4 rings (SSSR count). The highest BCUT2D eigenvalue weighted by Crippen LogP contribution is 2.33. The van der Waals surface area contributed by atoms with Crippen LogP contribution in [0.4, 0.5) is 10.8 Å². The Balaban J connectivity index is 1.38. The molecule has 1 amide bonds. The predicted molar refractivity (Wildman–Crippen MR) is 125 cm³/mol. The fourth-order valence-corrected chi connectivity index (χ4v) is 4.27. The molecule has 1 aromatic carbocycles. The molecule has 3 aromatic rings. The summed E-state index contributed by atoms with van der Waals surface area (Å²) >= 11 is 1.42. The van der Waals surface area contributed by atoms with Crippen molar-refractivity contribution < 1.29 is 9.53 Å². The molecule has 2 heterocycles. The van der Waals surface area contributed by atoms with E-state index in [4.69, 9.17) is 10.5 Å². The van der Waals surface area contributed by atoms with Gasteiger partial charge >= 0.3 is 0 Å². The van der Waals surface area contributed by atoms with E-state index in [9.17, 15) is 4.79 Å². The summed E-state index contributed by atoms with van der Waals surface area (Å²) in [7, 11) is 0. The van der Waals surface area contributed by atoms with Crippen LogP contribution in [0, 0.1) is 6.92 Å². The summed E-state index contributed by atoms with van der Waals surface area (Å²) in [6.45, 7) is 2.54. The van der Waals surface area contributed by atoms with Gasteiger partial charge in [-0.25, -0.2) is 9.97 Å². The molecule has 0 atom stereocenters. The van der Waals surface area contributed by atoms with Crippen molar-refractivity contribution in [2.24, 2.45) is 0 Å².